The van der Waals surface area contributed by atoms with Crippen molar-refractivity contribution in [2.24, 2.45) is 0 Å². The van der Waals surface area contributed by atoms with Crippen LogP contribution in [0.15, 0.2) is 12.1 Å². The zero-order valence-electron chi connectivity index (χ0n) is 10.5. The molecule has 1 aromatic heterocycles. The van der Waals surface area contributed by atoms with Crippen LogP contribution in [0.3, 0.4) is 0 Å². The maximum Gasteiger partial charge on any atom is 0.151 e. The third-order valence-electron chi connectivity index (χ3n) is 4.07. The number of hydrogen-bond acceptors (Lipinski definition) is 4. The summed E-state index contributed by atoms with van der Waals surface area (Å²) in [5.74, 6) is 0.979. The fourth-order valence-corrected chi connectivity index (χ4v) is 3.20. The first-order valence-electron chi connectivity index (χ1n) is 6.82. The van der Waals surface area contributed by atoms with E-state index in [4.69, 9.17) is 11.6 Å². The molecule has 18 heavy (non-hydrogen) atoms. The van der Waals surface area contributed by atoms with Crippen molar-refractivity contribution >= 4 is 17.4 Å². The number of aromatic nitrogens is 2. The molecule has 3 fully saturated rings. The van der Waals surface area contributed by atoms with E-state index in [2.05, 4.69) is 20.4 Å². The van der Waals surface area contributed by atoms with Crippen LogP contribution < -0.4 is 10.2 Å². The summed E-state index contributed by atoms with van der Waals surface area (Å²) in [7, 11) is 0. The van der Waals surface area contributed by atoms with Crippen molar-refractivity contribution in [2.45, 2.75) is 44.2 Å². The summed E-state index contributed by atoms with van der Waals surface area (Å²) in [6.07, 6.45) is 6.28. The molecular weight excluding hydrogens is 248 g/mol. The average Bonchev–Trinajstić information content (AvgIpc) is 2.29. The Morgan fingerprint density at radius 3 is 2.94 bits per heavy atom. The Morgan fingerprint density at radius 2 is 2.11 bits per heavy atom. The number of hydrogen-bond donors (Lipinski definition) is 1. The number of fused-ring (bicyclic) bond motifs is 6. The van der Waals surface area contributed by atoms with Gasteiger partial charge in [0.15, 0.2) is 11.0 Å². The molecule has 0 aliphatic carbocycles. The maximum atomic E-state index is 5.81. The highest BCUT2D eigenvalue weighted by molar-refractivity contribution is 6.29. The first kappa shape index (κ1) is 12.2. The summed E-state index contributed by atoms with van der Waals surface area (Å²) in [5, 5.41) is 12.3. The highest BCUT2D eigenvalue weighted by Crippen LogP contribution is 2.26. The molecule has 3 aliphatic rings. The molecular formula is C13H19ClN4. The molecule has 1 aromatic rings. The molecule has 0 amide bonds. The third-order valence-corrected chi connectivity index (χ3v) is 4.27. The van der Waals surface area contributed by atoms with E-state index in [1.807, 2.05) is 12.1 Å². The summed E-state index contributed by atoms with van der Waals surface area (Å²) in [4.78, 5) is 2.43. The standard InChI is InChI=1S/C13H19ClN4/c14-12-4-5-13(17-16-12)18-9-7-10-2-1-3-11(18)6-8-15-10/h4-5,10-11,15H,1-3,6-9H2. The average molecular weight is 267 g/mol. The number of rotatable bonds is 1. The van der Waals surface area contributed by atoms with Crippen LogP contribution >= 0.6 is 11.6 Å². The molecule has 0 saturated carbocycles. The van der Waals surface area contributed by atoms with Crippen molar-refractivity contribution in [1.82, 2.24) is 15.5 Å². The van der Waals surface area contributed by atoms with Gasteiger partial charge in [-0.1, -0.05) is 11.6 Å². The fraction of sp³-hybridized carbons (Fsp3) is 0.692. The summed E-state index contributed by atoms with van der Waals surface area (Å²) in [5.41, 5.74) is 0. The Labute approximate surface area is 113 Å². The van der Waals surface area contributed by atoms with Crippen molar-refractivity contribution in [3.05, 3.63) is 17.3 Å². The zero-order chi connectivity index (χ0) is 12.4. The van der Waals surface area contributed by atoms with E-state index in [0.717, 1.165) is 18.9 Å². The number of halogens is 1. The van der Waals surface area contributed by atoms with Crippen LogP contribution in [0.1, 0.15) is 32.1 Å². The Bertz CT molecular complexity index is 384. The largest absolute Gasteiger partial charge is 0.352 e. The molecule has 1 N–H and O–H groups in total. The van der Waals surface area contributed by atoms with Crippen molar-refractivity contribution < 1.29 is 0 Å². The predicted octanol–water partition coefficient (Wildman–Crippen LogP) is 2.24. The smallest absolute Gasteiger partial charge is 0.151 e. The maximum absolute atomic E-state index is 5.81. The lowest BCUT2D eigenvalue weighted by Crippen LogP contribution is -2.47. The topological polar surface area (TPSA) is 41.0 Å². The van der Waals surface area contributed by atoms with Crippen molar-refractivity contribution in [3.8, 4) is 0 Å². The van der Waals surface area contributed by atoms with E-state index in [1.165, 1.54) is 32.1 Å². The first-order valence-corrected chi connectivity index (χ1v) is 7.20. The molecule has 4 nitrogen and oxygen atoms in total. The second kappa shape index (κ2) is 5.41. The van der Waals surface area contributed by atoms with Gasteiger partial charge in [-0.05, 0) is 50.8 Å². The molecule has 4 heterocycles. The molecule has 0 aromatic carbocycles. The van der Waals surface area contributed by atoms with Gasteiger partial charge >= 0.3 is 0 Å². The van der Waals surface area contributed by atoms with Gasteiger partial charge in [0.1, 0.15) is 0 Å². The van der Waals surface area contributed by atoms with Crippen LogP contribution in [0.5, 0.6) is 0 Å². The van der Waals surface area contributed by atoms with Crippen molar-refractivity contribution in [3.63, 3.8) is 0 Å². The minimum atomic E-state index is 0.467. The van der Waals surface area contributed by atoms with Gasteiger partial charge in [-0.3, -0.25) is 0 Å². The van der Waals surface area contributed by atoms with Crippen molar-refractivity contribution in [2.75, 3.05) is 18.0 Å². The summed E-state index contributed by atoms with van der Waals surface area (Å²) >= 11 is 5.81. The van der Waals surface area contributed by atoms with Gasteiger partial charge in [-0.25, -0.2) is 0 Å². The molecule has 2 bridgehead atoms. The van der Waals surface area contributed by atoms with E-state index in [-0.39, 0.29) is 0 Å². The molecule has 98 valence electrons. The van der Waals surface area contributed by atoms with E-state index < -0.39 is 0 Å². The van der Waals surface area contributed by atoms with Crippen LogP contribution in [0.4, 0.5) is 5.82 Å². The first-order chi connectivity index (χ1) is 8.83. The molecule has 3 aliphatic heterocycles. The Hall–Kier alpha value is -0.870. The summed E-state index contributed by atoms with van der Waals surface area (Å²) in [6, 6.07) is 5.10. The summed E-state index contributed by atoms with van der Waals surface area (Å²) in [6.45, 7) is 2.19. The van der Waals surface area contributed by atoms with Crippen molar-refractivity contribution in [1.29, 1.82) is 0 Å². The predicted molar refractivity (Wildman–Crippen MR) is 73.1 cm³/mol. The highest BCUT2D eigenvalue weighted by atomic mass is 35.5. The van der Waals surface area contributed by atoms with E-state index >= 15 is 0 Å². The lowest BCUT2D eigenvalue weighted by atomic mass is 9.94. The molecule has 2 unspecified atom stereocenters. The fourth-order valence-electron chi connectivity index (χ4n) is 3.10. The minimum absolute atomic E-state index is 0.467. The molecule has 4 rings (SSSR count). The lowest BCUT2D eigenvalue weighted by molar-refractivity contribution is 0.330. The highest BCUT2D eigenvalue weighted by Gasteiger charge is 2.26. The molecule has 0 radical (unpaired) electrons. The van der Waals surface area contributed by atoms with Gasteiger partial charge in [-0.2, -0.15) is 0 Å². The van der Waals surface area contributed by atoms with Crippen LogP contribution in [-0.2, 0) is 0 Å². The zero-order valence-corrected chi connectivity index (χ0v) is 11.2. The van der Waals surface area contributed by atoms with E-state index in [9.17, 15) is 0 Å². The Kier molecular flexibility index (Phi) is 3.66. The van der Waals surface area contributed by atoms with Crippen LogP contribution in [-0.4, -0.2) is 35.4 Å². The van der Waals surface area contributed by atoms with Gasteiger partial charge in [0.25, 0.3) is 0 Å². The second-order valence-electron chi connectivity index (χ2n) is 5.22. The minimum Gasteiger partial charge on any atom is -0.352 e. The molecule has 3 saturated heterocycles. The monoisotopic (exact) mass is 266 g/mol. The molecule has 2 atom stereocenters. The van der Waals surface area contributed by atoms with E-state index in [0.29, 0.717) is 17.2 Å². The van der Waals surface area contributed by atoms with Crippen LogP contribution in [0.2, 0.25) is 5.15 Å². The lowest BCUT2D eigenvalue weighted by Gasteiger charge is -2.39. The van der Waals surface area contributed by atoms with Gasteiger partial charge in [-0.15, -0.1) is 10.2 Å². The quantitative estimate of drug-likeness (QED) is 0.846. The SMILES string of the molecule is Clc1ccc(N2CCC3CCCC2CCN3)nn1. The van der Waals surface area contributed by atoms with Crippen LogP contribution in [0.25, 0.3) is 0 Å². The molecule has 0 spiro atoms. The Morgan fingerprint density at radius 1 is 1.17 bits per heavy atom. The Balaban J connectivity index is 1.83. The number of anilines is 1. The third kappa shape index (κ3) is 2.59. The summed E-state index contributed by atoms with van der Waals surface area (Å²) < 4.78 is 0. The van der Waals surface area contributed by atoms with Crippen LogP contribution in [0, 0.1) is 0 Å². The van der Waals surface area contributed by atoms with Gasteiger partial charge in [0, 0.05) is 18.6 Å². The van der Waals surface area contributed by atoms with Gasteiger partial charge in [0.05, 0.1) is 0 Å². The number of nitrogens with one attached hydrogen (secondary N) is 1. The molecule has 5 heteroatoms. The van der Waals surface area contributed by atoms with Gasteiger partial charge < -0.3 is 10.2 Å². The second-order valence-corrected chi connectivity index (χ2v) is 5.61. The number of nitrogens with zero attached hydrogens (tertiary/aromatic N) is 3. The normalized spacial score (nSPS) is 28.6. The van der Waals surface area contributed by atoms with Gasteiger partial charge in [0.2, 0.25) is 0 Å². The van der Waals surface area contributed by atoms with E-state index in [1.54, 1.807) is 0 Å².